The van der Waals surface area contributed by atoms with Crippen LogP contribution in [0, 0.1) is 0 Å². The molecule has 1 aliphatic rings. The second kappa shape index (κ2) is 4.17. The summed E-state index contributed by atoms with van der Waals surface area (Å²) in [4.78, 5) is 0.830. The second-order valence-electron chi connectivity index (χ2n) is 4.89. The van der Waals surface area contributed by atoms with E-state index in [4.69, 9.17) is 10.5 Å². The number of fused-ring (bicyclic) bond motifs is 1. The molecule has 0 unspecified atom stereocenters. The summed E-state index contributed by atoms with van der Waals surface area (Å²) < 4.78 is 7.03. The number of hydrogen-bond acceptors (Lipinski definition) is 6. The van der Waals surface area contributed by atoms with Gasteiger partial charge in [-0.05, 0) is 31.0 Å². The molecule has 6 nitrogen and oxygen atoms in total. The van der Waals surface area contributed by atoms with E-state index in [-0.39, 0.29) is 0 Å². The minimum absolute atomic E-state index is 0.529. The van der Waals surface area contributed by atoms with Crippen LogP contribution in [0.2, 0.25) is 0 Å². The summed E-state index contributed by atoms with van der Waals surface area (Å²) in [5, 5.41) is 13.9. The van der Waals surface area contributed by atoms with Gasteiger partial charge in [-0.1, -0.05) is 11.3 Å². The molecule has 0 aliphatic heterocycles. The van der Waals surface area contributed by atoms with Crippen LogP contribution in [0.1, 0.15) is 24.6 Å². The van der Waals surface area contributed by atoms with Crippen molar-refractivity contribution in [1.82, 2.24) is 19.8 Å². The lowest BCUT2D eigenvalue weighted by molar-refractivity contribution is 0.417. The van der Waals surface area contributed by atoms with Crippen LogP contribution < -0.4 is 10.5 Å². The van der Waals surface area contributed by atoms with E-state index < -0.39 is 0 Å². The molecule has 1 saturated carbocycles. The number of benzene rings is 1. The highest BCUT2D eigenvalue weighted by atomic mass is 32.1. The quantitative estimate of drug-likeness (QED) is 0.748. The smallest absolute Gasteiger partial charge is 0.234 e. The van der Waals surface area contributed by atoms with E-state index in [1.165, 1.54) is 24.2 Å². The SMILES string of the molecule is COc1ccc(-c2nn3c(C4CC4)nnc3s2)cc1N. The van der Waals surface area contributed by atoms with Gasteiger partial charge in [0.2, 0.25) is 4.96 Å². The van der Waals surface area contributed by atoms with Crippen molar-refractivity contribution in [3.63, 3.8) is 0 Å². The zero-order chi connectivity index (χ0) is 13.7. The zero-order valence-corrected chi connectivity index (χ0v) is 11.7. The van der Waals surface area contributed by atoms with Gasteiger partial charge in [-0.15, -0.1) is 10.2 Å². The predicted octanol–water partition coefficient (Wildman–Crippen LogP) is 2.32. The van der Waals surface area contributed by atoms with E-state index in [0.29, 0.717) is 17.4 Å². The number of nitrogens with zero attached hydrogens (tertiary/aromatic N) is 4. The second-order valence-corrected chi connectivity index (χ2v) is 5.85. The van der Waals surface area contributed by atoms with E-state index in [1.807, 2.05) is 22.7 Å². The number of aromatic nitrogens is 4. The van der Waals surface area contributed by atoms with Gasteiger partial charge in [-0.2, -0.15) is 9.61 Å². The first kappa shape index (κ1) is 11.7. The lowest BCUT2D eigenvalue weighted by Gasteiger charge is -2.04. The van der Waals surface area contributed by atoms with Gasteiger partial charge in [0.15, 0.2) is 5.82 Å². The molecule has 0 spiro atoms. The predicted molar refractivity (Wildman–Crippen MR) is 77.0 cm³/mol. The number of nitrogens with two attached hydrogens (primary N) is 1. The Morgan fingerprint density at radius 2 is 2.20 bits per heavy atom. The zero-order valence-electron chi connectivity index (χ0n) is 10.9. The number of nitrogen functional groups attached to an aromatic ring is 1. The molecule has 7 heteroatoms. The van der Waals surface area contributed by atoms with Crippen molar-refractivity contribution >= 4 is 22.0 Å². The molecule has 0 radical (unpaired) electrons. The van der Waals surface area contributed by atoms with Crippen LogP contribution in [0.4, 0.5) is 5.69 Å². The maximum atomic E-state index is 5.94. The molecule has 0 atom stereocenters. The van der Waals surface area contributed by atoms with Crippen molar-refractivity contribution in [2.45, 2.75) is 18.8 Å². The summed E-state index contributed by atoms with van der Waals surface area (Å²) in [6, 6.07) is 5.69. The Morgan fingerprint density at radius 1 is 1.35 bits per heavy atom. The van der Waals surface area contributed by atoms with Gasteiger partial charge in [0.1, 0.15) is 10.8 Å². The molecule has 102 valence electrons. The average molecular weight is 287 g/mol. The van der Waals surface area contributed by atoms with Gasteiger partial charge in [-0.3, -0.25) is 0 Å². The topological polar surface area (TPSA) is 78.3 Å². The molecule has 0 bridgehead atoms. The number of methoxy groups -OCH3 is 1. The fraction of sp³-hybridized carbons (Fsp3) is 0.308. The first-order chi connectivity index (χ1) is 9.76. The number of rotatable bonds is 3. The summed E-state index contributed by atoms with van der Waals surface area (Å²) >= 11 is 1.52. The normalized spacial score (nSPS) is 14.8. The average Bonchev–Trinajstić information content (AvgIpc) is 3.07. The van der Waals surface area contributed by atoms with Crippen molar-refractivity contribution < 1.29 is 4.74 Å². The van der Waals surface area contributed by atoms with Crippen LogP contribution in [-0.2, 0) is 0 Å². The van der Waals surface area contributed by atoms with Crippen LogP contribution in [0.3, 0.4) is 0 Å². The molecule has 0 saturated heterocycles. The molecule has 2 aromatic heterocycles. The first-order valence-corrected chi connectivity index (χ1v) is 7.24. The molecule has 20 heavy (non-hydrogen) atoms. The van der Waals surface area contributed by atoms with E-state index in [0.717, 1.165) is 21.4 Å². The molecule has 1 aromatic carbocycles. The van der Waals surface area contributed by atoms with Gasteiger partial charge in [0, 0.05) is 11.5 Å². The Labute approximate surface area is 119 Å². The van der Waals surface area contributed by atoms with E-state index >= 15 is 0 Å². The van der Waals surface area contributed by atoms with Crippen molar-refractivity contribution in [3.8, 4) is 16.3 Å². The Morgan fingerprint density at radius 3 is 2.90 bits per heavy atom. The third kappa shape index (κ3) is 1.74. The first-order valence-electron chi connectivity index (χ1n) is 6.42. The Balaban J connectivity index is 1.79. The molecule has 2 N–H and O–H groups in total. The lowest BCUT2D eigenvalue weighted by Crippen LogP contribution is -1.94. The van der Waals surface area contributed by atoms with Crippen molar-refractivity contribution in [3.05, 3.63) is 24.0 Å². The summed E-state index contributed by atoms with van der Waals surface area (Å²) in [6.07, 6.45) is 2.37. The third-order valence-electron chi connectivity index (χ3n) is 3.43. The Bertz CT molecular complexity index is 789. The van der Waals surface area contributed by atoms with Gasteiger partial charge < -0.3 is 10.5 Å². The van der Waals surface area contributed by atoms with Crippen molar-refractivity contribution in [2.75, 3.05) is 12.8 Å². The fourth-order valence-corrected chi connectivity index (χ4v) is 3.05. The molecular weight excluding hydrogens is 274 g/mol. The highest BCUT2D eigenvalue weighted by molar-refractivity contribution is 7.19. The highest BCUT2D eigenvalue weighted by Crippen LogP contribution is 2.40. The van der Waals surface area contributed by atoms with Crippen LogP contribution in [0.5, 0.6) is 5.75 Å². The third-order valence-corrected chi connectivity index (χ3v) is 4.38. The number of hydrogen-bond donors (Lipinski definition) is 1. The molecule has 0 amide bonds. The van der Waals surface area contributed by atoms with Gasteiger partial charge >= 0.3 is 0 Å². The largest absolute Gasteiger partial charge is 0.495 e. The number of ether oxygens (including phenoxy) is 1. The molecule has 4 rings (SSSR count). The van der Waals surface area contributed by atoms with E-state index in [2.05, 4.69) is 15.3 Å². The van der Waals surface area contributed by atoms with Gasteiger partial charge in [0.05, 0.1) is 12.8 Å². The van der Waals surface area contributed by atoms with Crippen molar-refractivity contribution in [2.24, 2.45) is 0 Å². The minimum atomic E-state index is 0.529. The van der Waals surface area contributed by atoms with Crippen LogP contribution in [-0.4, -0.2) is 26.9 Å². The highest BCUT2D eigenvalue weighted by Gasteiger charge is 2.30. The molecule has 1 aliphatic carbocycles. The monoisotopic (exact) mass is 287 g/mol. The maximum absolute atomic E-state index is 5.94. The number of anilines is 1. The van der Waals surface area contributed by atoms with Crippen molar-refractivity contribution in [1.29, 1.82) is 0 Å². The summed E-state index contributed by atoms with van der Waals surface area (Å²) in [5.74, 6) is 2.18. The molecular formula is C13H13N5OS. The van der Waals surface area contributed by atoms with E-state index in [9.17, 15) is 0 Å². The van der Waals surface area contributed by atoms with Crippen LogP contribution in [0.25, 0.3) is 15.5 Å². The lowest BCUT2D eigenvalue weighted by atomic mass is 10.2. The fourth-order valence-electron chi connectivity index (χ4n) is 2.21. The van der Waals surface area contributed by atoms with Crippen LogP contribution >= 0.6 is 11.3 Å². The van der Waals surface area contributed by atoms with E-state index in [1.54, 1.807) is 7.11 Å². The minimum Gasteiger partial charge on any atom is -0.495 e. The standard InChI is InChI=1S/C13H13N5OS/c1-19-10-5-4-8(6-9(10)14)12-17-18-11(7-2-3-7)15-16-13(18)20-12/h4-7H,2-3,14H2,1H3. The molecule has 2 heterocycles. The summed E-state index contributed by atoms with van der Waals surface area (Å²) in [5.41, 5.74) is 7.53. The van der Waals surface area contributed by atoms with Crippen LogP contribution in [0.15, 0.2) is 18.2 Å². The van der Waals surface area contributed by atoms with Gasteiger partial charge in [-0.25, -0.2) is 0 Å². The Hall–Kier alpha value is -2.15. The van der Waals surface area contributed by atoms with Gasteiger partial charge in [0.25, 0.3) is 0 Å². The molecule has 3 aromatic rings. The summed E-state index contributed by atoms with van der Waals surface area (Å²) in [7, 11) is 1.61. The Kier molecular flexibility index (Phi) is 2.43. The molecule has 1 fully saturated rings. The maximum Gasteiger partial charge on any atom is 0.234 e. The summed E-state index contributed by atoms with van der Waals surface area (Å²) in [6.45, 7) is 0.